The Morgan fingerprint density at radius 2 is 1.82 bits per heavy atom. The minimum Gasteiger partial charge on any atom is -0.444 e. The van der Waals surface area contributed by atoms with Gasteiger partial charge in [0.05, 0.1) is 6.61 Å². The molecule has 0 fully saturated rings. The first kappa shape index (κ1) is 16.2. The second-order valence-corrected chi connectivity index (χ2v) is 5.98. The van der Waals surface area contributed by atoms with Crippen LogP contribution in [0.15, 0.2) is 0 Å². The minimum absolute atomic E-state index is 0.203. The first-order chi connectivity index (χ1) is 7.60. The molecule has 0 aromatic heterocycles. The number of carbonyl (C=O) groups is 1. The number of hydrogen-bond acceptors (Lipinski definition) is 4. The lowest BCUT2D eigenvalue weighted by Gasteiger charge is -2.33. The van der Waals surface area contributed by atoms with E-state index in [1.807, 2.05) is 27.7 Å². The molecule has 0 aromatic carbocycles. The number of nitrogens with two attached hydrogens (primary N) is 1. The Kier molecular flexibility index (Phi) is 5.92. The summed E-state index contributed by atoms with van der Waals surface area (Å²) in [6.07, 6.45) is -0.415. The summed E-state index contributed by atoms with van der Waals surface area (Å²) >= 11 is 0. The average molecular weight is 246 g/mol. The molecule has 1 unspecified atom stereocenters. The lowest BCUT2D eigenvalue weighted by molar-refractivity contribution is 0.0182. The van der Waals surface area contributed by atoms with Crippen LogP contribution in [-0.2, 0) is 9.57 Å². The summed E-state index contributed by atoms with van der Waals surface area (Å²) in [5.41, 5.74) is -0.686. The quantitative estimate of drug-likeness (QED) is 0.728. The van der Waals surface area contributed by atoms with Crippen molar-refractivity contribution in [3.63, 3.8) is 0 Å². The molecular formula is C12H26N2O3. The fourth-order valence-electron chi connectivity index (χ4n) is 1.20. The second-order valence-electron chi connectivity index (χ2n) is 5.98. The predicted octanol–water partition coefficient (Wildman–Crippen LogP) is 2.06. The molecule has 0 saturated heterocycles. The third kappa shape index (κ3) is 6.48. The van der Waals surface area contributed by atoms with Crippen molar-refractivity contribution in [1.29, 1.82) is 0 Å². The Balaban J connectivity index is 4.28. The van der Waals surface area contributed by atoms with Crippen LogP contribution < -0.4 is 11.2 Å². The Morgan fingerprint density at radius 1 is 1.29 bits per heavy atom. The summed E-state index contributed by atoms with van der Waals surface area (Å²) < 4.78 is 5.17. The third-order valence-electron chi connectivity index (χ3n) is 2.84. The van der Waals surface area contributed by atoms with Crippen LogP contribution in [0, 0.1) is 11.3 Å². The van der Waals surface area contributed by atoms with Crippen LogP contribution in [-0.4, -0.2) is 24.8 Å². The van der Waals surface area contributed by atoms with Gasteiger partial charge in [-0.05, 0) is 26.7 Å². The molecule has 0 saturated carbocycles. The SMILES string of the molecule is CC(C)C(C)(CNC(=O)OC(C)(C)C)CON. The van der Waals surface area contributed by atoms with Crippen LogP contribution in [0.3, 0.4) is 0 Å². The van der Waals surface area contributed by atoms with Crippen LogP contribution in [0.2, 0.25) is 0 Å². The first-order valence-corrected chi connectivity index (χ1v) is 5.89. The van der Waals surface area contributed by atoms with Gasteiger partial charge in [-0.1, -0.05) is 20.8 Å². The second kappa shape index (κ2) is 6.21. The topological polar surface area (TPSA) is 73.6 Å². The standard InChI is InChI=1S/C12H26N2O3/c1-9(2)12(6,8-16-13)7-14-10(15)17-11(3,4)5/h9H,7-8,13H2,1-6H3,(H,14,15). The number of ether oxygens (including phenoxy) is 1. The van der Waals surface area contributed by atoms with Gasteiger partial charge in [-0.2, -0.15) is 0 Å². The zero-order valence-corrected chi connectivity index (χ0v) is 11.8. The fraction of sp³-hybridized carbons (Fsp3) is 0.917. The average Bonchev–Trinajstić information content (AvgIpc) is 2.12. The number of carbonyl (C=O) groups excluding carboxylic acids is 1. The molecule has 17 heavy (non-hydrogen) atoms. The Morgan fingerprint density at radius 3 is 2.18 bits per heavy atom. The van der Waals surface area contributed by atoms with E-state index in [9.17, 15) is 4.79 Å². The van der Waals surface area contributed by atoms with Gasteiger partial charge in [-0.15, -0.1) is 0 Å². The largest absolute Gasteiger partial charge is 0.444 e. The van der Waals surface area contributed by atoms with Crippen LogP contribution in [0.4, 0.5) is 4.79 Å². The van der Waals surface area contributed by atoms with E-state index in [1.165, 1.54) is 0 Å². The van der Waals surface area contributed by atoms with E-state index in [2.05, 4.69) is 19.2 Å². The van der Waals surface area contributed by atoms with Crippen molar-refractivity contribution in [1.82, 2.24) is 5.32 Å². The van der Waals surface area contributed by atoms with Crippen LogP contribution in [0.25, 0.3) is 0 Å². The zero-order chi connectivity index (χ0) is 13.7. The van der Waals surface area contributed by atoms with E-state index in [1.54, 1.807) is 0 Å². The van der Waals surface area contributed by atoms with Crippen LogP contribution in [0.5, 0.6) is 0 Å². The summed E-state index contributed by atoms with van der Waals surface area (Å²) in [6, 6.07) is 0. The molecule has 5 nitrogen and oxygen atoms in total. The maximum absolute atomic E-state index is 11.5. The van der Waals surface area contributed by atoms with Gasteiger partial charge in [-0.25, -0.2) is 10.7 Å². The highest BCUT2D eigenvalue weighted by molar-refractivity contribution is 5.67. The highest BCUT2D eigenvalue weighted by atomic mass is 16.6. The van der Waals surface area contributed by atoms with Gasteiger partial charge in [0.2, 0.25) is 0 Å². The number of amides is 1. The molecule has 0 spiro atoms. The van der Waals surface area contributed by atoms with E-state index in [0.717, 1.165) is 0 Å². The molecule has 1 amide bonds. The molecule has 0 heterocycles. The van der Waals surface area contributed by atoms with Crippen molar-refractivity contribution in [2.75, 3.05) is 13.2 Å². The molecule has 1 atom stereocenters. The van der Waals surface area contributed by atoms with Gasteiger partial charge < -0.3 is 14.9 Å². The summed E-state index contributed by atoms with van der Waals surface area (Å²) in [7, 11) is 0. The molecule has 0 aromatic rings. The van der Waals surface area contributed by atoms with E-state index >= 15 is 0 Å². The van der Waals surface area contributed by atoms with Gasteiger partial charge in [0, 0.05) is 12.0 Å². The van der Waals surface area contributed by atoms with Crippen LogP contribution in [0.1, 0.15) is 41.5 Å². The predicted molar refractivity (Wildman–Crippen MR) is 67.3 cm³/mol. The summed E-state index contributed by atoms with van der Waals surface area (Å²) in [5.74, 6) is 5.45. The molecule has 0 rings (SSSR count). The molecule has 0 aliphatic rings. The van der Waals surface area contributed by atoms with Crippen molar-refractivity contribution < 1.29 is 14.4 Å². The van der Waals surface area contributed by atoms with E-state index < -0.39 is 11.7 Å². The van der Waals surface area contributed by atoms with Crippen molar-refractivity contribution in [3.8, 4) is 0 Å². The molecule has 0 aliphatic heterocycles. The smallest absolute Gasteiger partial charge is 0.407 e. The summed E-state index contributed by atoms with van der Waals surface area (Å²) in [6.45, 7) is 12.5. The Hall–Kier alpha value is -0.810. The van der Waals surface area contributed by atoms with Gasteiger partial charge in [-0.3, -0.25) is 0 Å². The maximum Gasteiger partial charge on any atom is 0.407 e. The van der Waals surface area contributed by atoms with Crippen LogP contribution >= 0.6 is 0 Å². The fourth-order valence-corrected chi connectivity index (χ4v) is 1.20. The van der Waals surface area contributed by atoms with E-state index in [4.69, 9.17) is 15.5 Å². The first-order valence-electron chi connectivity index (χ1n) is 5.89. The van der Waals surface area contributed by atoms with E-state index in [0.29, 0.717) is 19.1 Å². The van der Waals surface area contributed by atoms with Crippen molar-refractivity contribution >= 4 is 6.09 Å². The molecule has 0 radical (unpaired) electrons. The molecule has 102 valence electrons. The van der Waals surface area contributed by atoms with E-state index in [-0.39, 0.29) is 5.41 Å². The normalized spacial score (nSPS) is 15.5. The van der Waals surface area contributed by atoms with Crippen molar-refractivity contribution in [2.45, 2.75) is 47.1 Å². The summed E-state index contributed by atoms with van der Waals surface area (Å²) in [5, 5.41) is 2.75. The lowest BCUT2D eigenvalue weighted by atomic mass is 9.80. The minimum atomic E-state index is -0.483. The number of alkyl carbamates (subject to hydrolysis) is 1. The van der Waals surface area contributed by atoms with Crippen molar-refractivity contribution in [3.05, 3.63) is 0 Å². The molecule has 3 N–H and O–H groups in total. The highest BCUT2D eigenvalue weighted by Gasteiger charge is 2.30. The molecular weight excluding hydrogens is 220 g/mol. The molecule has 0 bridgehead atoms. The number of rotatable bonds is 5. The number of nitrogens with one attached hydrogen (secondary N) is 1. The zero-order valence-electron chi connectivity index (χ0n) is 11.8. The van der Waals surface area contributed by atoms with Gasteiger partial charge in [0.1, 0.15) is 5.60 Å². The molecule has 0 aliphatic carbocycles. The lowest BCUT2D eigenvalue weighted by Crippen LogP contribution is -2.44. The Bertz CT molecular complexity index is 249. The summed E-state index contributed by atoms with van der Waals surface area (Å²) in [4.78, 5) is 16.2. The Labute approximate surface area is 104 Å². The monoisotopic (exact) mass is 246 g/mol. The molecule has 5 heteroatoms. The van der Waals surface area contributed by atoms with Gasteiger partial charge >= 0.3 is 6.09 Å². The van der Waals surface area contributed by atoms with Crippen molar-refractivity contribution in [2.24, 2.45) is 17.2 Å². The maximum atomic E-state index is 11.5. The third-order valence-corrected chi connectivity index (χ3v) is 2.84. The van der Waals surface area contributed by atoms with Gasteiger partial charge in [0.25, 0.3) is 0 Å². The van der Waals surface area contributed by atoms with Gasteiger partial charge in [0.15, 0.2) is 0 Å². The number of hydrogen-bond donors (Lipinski definition) is 2. The highest BCUT2D eigenvalue weighted by Crippen LogP contribution is 2.26.